The Labute approximate surface area is 54.1 Å². The molecular formula is C7H9NO. The number of hydrogen-bond acceptors (Lipinski definition) is 1. The molecule has 0 aliphatic heterocycles. The Bertz CT molecular complexity index is 202. The van der Waals surface area contributed by atoms with Crippen LogP contribution in [-0.2, 0) is 18.3 Å². The predicted molar refractivity (Wildman–Crippen MR) is 35.2 cm³/mol. The fraction of sp³-hybridized carbons (Fsp3) is 0.286. The maximum Gasteiger partial charge on any atom is 0.124 e. The molecule has 0 aliphatic rings. The van der Waals surface area contributed by atoms with Crippen molar-refractivity contribution in [1.29, 1.82) is 0 Å². The minimum atomic E-state index is 0.529. The van der Waals surface area contributed by atoms with Gasteiger partial charge in [-0.3, -0.25) is 0 Å². The second-order valence-corrected chi connectivity index (χ2v) is 2.06. The number of aryl methyl sites for hydroxylation is 1. The first-order valence-electron chi connectivity index (χ1n) is 2.87. The maximum absolute atomic E-state index is 9.97. The second-order valence-electron chi connectivity index (χ2n) is 2.06. The molecule has 0 aromatic carbocycles. The number of carbonyl (C=O) groups is 1. The Balaban J connectivity index is 2.72. The highest BCUT2D eigenvalue weighted by molar-refractivity contribution is 5.54. The first kappa shape index (κ1) is 6.08. The lowest BCUT2D eigenvalue weighted by Gasteiger charge is -1.84. The van der Waals surface area contributed by atoms with E-state index in [4.69, 9.17) is 0 Å². The first-order chi connectivity index (χ1) is 4.33. The van der Waals surface area contributed by atoms with Crippen molar-refractivity contribution in [3.05, 3.63) is 24.0 Å². The maximum atomic E-state index is 9.97. The Kier molecular flexibility index (Phi) is 1.68. The standard InChI is InChI=1S/C7H9NO/c1-8-4-2-7(6-8)3-5-9/h2,4-6H,3H2,1H3. The molecule has 2 nitrogen and oxygen atoms in total. The van der Waals surface area contributed by atoms with Crippen LogP contribution >= 0.6 is 0 Å². The van der Waals surface area contributed by atoms with E-state index < -0.39 is 0 Å². The first-order valence-corrected chi connectivity index (χ1v) is 2.87. The zero-order chi connectivity index (χ0) is 6.69. The number of rotatable bonds is 2. The lowest BCUT2D eigenvalue weighted by atomic mass is 10.3. The predicted octanol–water partition coefficient (Wildman–Crippen LogP) is 0.766. The van der Waals surface area contributed by atoms with Gasteiger partial charge in [-0.05, 0) is 11.6 Å². The summed E-state index contributed by atoms with van der Waals surface area (Å²) in [6.45, 7) is 0. The number of carbonyl (C=O) groups excluding carboxylic acids is 1. The molecule has 1 aromatic heterocycles. The van der Waals surface area contributed by atoms with Crippen molar-refractivity contribution in [3.8, 4) is 0 Å². The van der Waals surface area contributed by atoms with Crippen LogP contribution in [0.5, 0.6) is 0 Å². The lowest BCUT2D eigenvalue weighted by Crippen LogP contribution is -1.82. The largest absolute Gasteiger partial charge is 0.357 e. The number of aromatic nitrogens is 1. The topological polar surface area (TPSA) is 22.0 Å². The van der Waals surface area contributed by atoms with Crippen molar-refractivity contribution >= 4 is 6.29 Å². The van der Waals surface area contributed by atoms with Gasteiger partial charge in [-0.25, -0.2) is 0 Å². The molecule has 48 valence electrons. The zero-order valence-electron chi connectivity index (χ0n) is 5.37. The Hall–Kier alpha value is -1.05. The molecule has 0 amide bonds. The molecule has 9 heavy (non-hydrogen) atoms. The van der Waals surface area contributed by atoms with E-state index in [2.05, 4.69) is 0 Å². The van der Waals surface area contributed by atoms with Gasteiger partial charge in [-0.1, -0.05) is 0 Å². The number of hydrogen-bond donors (Lipinski definition) is 0. The third-order valence-corrected chi connectivity index (χ3v) is 1.21. The number of nitrogens with zero attached hydrogens (tertiary/aromatic N) is 1. The van der Waals surface area contributed by atoms with E-state index in [1.807, 2.05) is 30.1 Å². The molecule has 0 radical (unpaired) electrons. The van der Waals surface area contributed by atoms with Crippen LogP contribution in [0.1, 0.15) is 5.56 Å². The molecule has 1 aromatic rings. The van der Waals surface area contributed by atoms with Crippen LogP contribution in [0.2, 0.25) is 0 Å². The Morgan fingerprint density at radius 1 is 1.78 bits per heavy atom. The van der Waals surface area contributed by atoms with E-state index in [9.17, 15) is 4.79 Å². The van der Waals surface area contributed by atoms with Gasteiger partial charge in [0.25, 0.3) is 0 Å². The van der Waals surface area contributed by atoms with Crippen LogP contribution in [0.25, 0.3) is 0 Å². The molecule has 0 saturated heterocycles. The third-order valence-electron chi connectivity index (χ3n) is 1.21. The van der Waals surface area contributed by atoms with Gasteiger partial charge < -0.3 is 9.36 Å². The van der Waals surface area contributed by atoms with Gasteiger partial charge in [-0.15, -0.1) is 0 Å². The van der Waals surface area contributed by atoms with E-state index in [0.717, 1.165) is 11.8 Å². The van der Waals surface area contributed by atoms with E-state index >= 15 is 0 Å². The third kappa shape index (κ3) is 1.42. The molecular weight excluding hydrogens is 114 g/mol. The van der Waals surface area contributed by atoms with Gasteiger partial charge in [0.1, 0.15) is 6.29 Å². The monoisotopic (exact) mass is 123 g/mol. The number of aldehydes is 1. The minimum Gasteiger partial charge on any atom is -0.357 e. The van der Waals surface area contributed by atoms with Crippen LogP contribution in [-0.4, -0.2) is 10.9 Å². The fourth-order valence-electron chi connectivity index (χ4n) is 0.778. The summed E-state index contributed by atoms with van der Waals surface area (Å²) in [6.07, 6.45) is 5.31. The summed E-state index contributed by atoms with van der Waals surface area (Å²) in [6, 6.07) is 1.94. The average Bonchev–Trinajstić information content (AvgIpc) is 2.17. The van der Waals surface area contributed by atoms with Gasteiger partial charge in [0.05, 0.1) is 0 Å². The van der Waals surface area contributed by atoms with E-state index in [1.165, 1.54) is 0 Å². The van der Waals surface area contributed by atoms with Crippen LogP contribution in [0, 0.1) is 0 Å². The molecule has 0 bridgehead atoms. The smallest absolute Gasteiger partial charge is 0.124 e. The van der Waals surface area contributed by atoms with Gasteiger partial charge >= 0.3 is 0 Å². The summed E-state index contributed by atoms with van der Waals surface area (Å²) >= 11 is 0. The van der Waals surface area contributed by atoms with E-state index in [-0.39, 0.29) is 0 Å². The molecule has 0 unspecified atom stereocenters. The molecule has 0 atom stereocenters. The molecule has 0 fully saturated rings. The normalized spacial score (nSPS) is 9.44. The lowest BCUT2D eigenvalue weighted by molar-refractivity contribution is -0.107. The average molecular weight is 123 g/mol. The summed E-state index contributed by atoms with van der Waals surface area (Å²) in [5.41, 5.74) is 1.08. The van der Waals surface area contributed by atoms with Crippen LogP contribution < -0.4 is 0 Å². The molecule has 0 spiro atoms. The Morgan fingerprint density at radius 2 is 2.56 bits per heavy atom. The Morgan fingerprint density at radius 3 is 3.00 bits per heavy atom. The van der Waals surface area contributed by atoms with Crippen molar-refractivity contribution in [1.82, 2.24) is 4.57 Å². The van der Waals surface area contributed by atoms with Crippen molar-refractivity contribution in [3.63, 3.8) is 0 Å². The van der Waals surface area contributed by atoms with Crippen LogP contribution in [0.3, 0.4) is 0 Å². The quantitative estimate of drug-likeness (QED) is 0.532. The zero-order valence-corrected chi connectivity index (χ0v) is 5.37. The van der Waals surface area contributed by atoms with Gasteiger partial charge in [-0.2, -0.15) is 0 Å². The molecule has 0 aliphatic carbocycles. The van der Waals surface area contributed by atoms with Crippen molar-refractivity contribution in [2.24, 2.45) is 7.05 Å². The fourth-order valence-corrected chi connectivity index (χ4v) is 0.778. The summed E-state index contributed by atoms with van der Waals surface area (Å²) < 4.78 is 1.93. The van der Waals surface area contributed by atoms with Crippen molar-refractivity contribution in [2.75, 3.05) is 0 Å². The van der Waals surface area contributed by atoms with Gasteiger partial charge in [0, 0.05) is 25.9 Å². The van der Waals surface area contributed by atoms with Crippen molar-refractivity contribution < 1.29 is 4.79 Å². The molecule has 0 saturated carbocycles. The molecule has 2 heteroatoms. The van der Waals surface area contributed by atoms with Crippen LogP contribution in [0.4, 0.5) is 0 Å². The second kappa shape index (κ2) is 2.49. The highest BCUT2D eigenvalue weighted by Gasteiger charge is 1.89. The summed E-state index contributed by atoms with van der Waals surface area (Å²) in [4.78, 5) is 9.97. The van der Waals surface area contributed by atoms with Gasteiger partial charge in [0.15, 0.2) is 0 Å². The summed E-state index contributed by atoms with van der Waals surface area (Å²) in [7, 11) is 1.94. The van der Waals surface area contributed by atoms with E-state index in [1.54, 1.807) is 0 Å². The summed E-state index contributed by atoms with van der Waals surface area (Å²) in [5, 5.41) is 0. The van der Waals surface area contributed by atoms with E-state index in [0.29, 0.717) is 6.42 Å². The highest BCUT2D eigenvalue weighted by Crippen LogP contribution is 1.97. The van der Waals surface area contributed by atoms with Crippen molar-refractivity contribution in [2.45, 2.75) is 6.42 Å². The van der Waals surface area contributed by atoms with Crippen LogP contribution in [0.15, 0.2) is 18.5 Å². The highest BCUT2D eigenvalue weighted by atomic mass is 16.1. The summed E-state index contributed by atoms with van der Waals surface area (Å²) in [5.74, 6) is 0. The molecule has 0 N–H and O–H groups in total. The minimum absolute atomic E-state index is 0.529. The molecule has 1 heterocycles. The van der Waals surface area contributed by atoms with Gasteiger partial charge in [0.2, 0.25) is 0 Å². The SMILES string of the molecule is Cn1ccc(CC=O)c1. The molecule has 1 rings (SSSR count).